The van der Waals surface area contributed by atoms with Gasteiger partial charge in [0, 0.05) is 6.54 Å². The molecule has 0 unspecified atom stereocenters. The highest BCUT2D eigenvalue weighted by Gasteiger charge is 2.07. The summed E-state index contributed by atoms with van der Waals surface area (Å²) in [6.45, 7) is 4.21. The first-order valence-corrected chi connectivity index (χ1v) is 7.25. The number of benzene rings is 2. The van der Waals surface area contributed by atoms with Crippen molar-refractivity contribution in [1.82, 2.24) is 5.32 Å². The van der Waals surface area contributed by atoms with Gasteiger partial charge in [-0.25, -0.2) is 4.79 Å². The highest BCUT2D eigenvalue weighted by Crippen LogP contribution is 2.20. The summed E-state index contributed by atoms with van der Waals surface area (Å²) in [6.07, 6.45) is 0. The fraction of sp³-hybridized carbons (Fsp3) is 0.222. The molecular weight excluding hydrogens is 294 g/mol. The van der Waals surface area contributed by atoms with Crippen molar-refractivity contribution in [3.8, 4) is 5.75 Å². The summed E-state index contributed by atoms with van der Waals surface area (Å²) in [4.78, 5) is 22.6. The van der Waals surface area contributed by atoms with Crippen LogP contribution in [-0.4, -0.2) is 23.6 Å². The number of carbonyl (C=O) groups excluding carboxylic acids is 1. The van der Waals surface area contributed by atoms with Crippen molar-refractivity contribution >= 4 is 11.9 Å². The molecule has 0 aliphatic carbocycles. The Bertz CT molecular complexity index is 707. The van der Waals surface area contributed by atoms with Crippen molar-refractivity contribution < 1.29 is 19.4 Å². The molecule has 2 N–H and O–H groups in total. The van der Waals surface area contributed by atoms with Crippen LogP contribution in [0.3, 0.4) is 0 Å². The molecule has 0 saturated carbocycles. The fourth-order valence-corrected chi connectivity index (χ4v) is 2.04. The molecule has 0 aliphatic rings. The first-order chi connectivity index (χ1) is 11.0. The molecule has 2 rings (SSSR count). The van der Waals surface area contributed by atoms with Gasteiger partial charge in [-0.1, -0.05) is 24.3 Å². The lowest BCUT2D eigenvalue weighted by Crippen LogP contribution is -2.28. The van der Waals surface area contributed by atoms with Crippen molar-refractivity contribution in [2.45, 2.75) is 20.4 Å². The van der Waals surface area contributed by atoms with E-state index in [2.05, 4.69) is 5.32 Å². The van der Waals surface area contributed by atoms with Gasteiger partial charge in [0.25, 0.3) is 5.91 Å². The Morgan fingerprint density at radius 1 is 1.09 bits per heavy atom. The lowest BCUT2D eigenvalue weighted by Gasteiger charge is -2.11. The summed E-state index contributed by atoms with van der Waals surface area (Å²) in [6, 6.07) is 12.1. The van der Waals surface area contributed by atoms with E-state index in [0.717, 1.165) is 16.7 Å². The summed E-state index contributed by atoms with van der Waals surface area (Å²) >= 11 is 0. The molecule has 0 radical (unpaired) electrons. The summed E-state index contributed by atoms with van der Waals surface area (Å²) in [5, 5.41) is 11.6. The van der Waals surface area contributed by atoms with Crippen LogP contribution in [0.4, 0.5) is 0 Å². The van der Waals surface area contributed by atoms with E-state index in [1.807, 2.05) is 32.0 Å². The molecule has 0 aromatic heterocycles. The maximum atomic E-state index is 11.8. The lowest BCUT2D eigenvalue weighted by molar-refractivity contribution is -0.123. The third-order valence-electron chi connectivity index (χ3n) is 3.60. The van der Waals surface area contributed by atoms with Crippen LogP contribution in [0.25, 0.3) is 0 Å². The Labute approximate surface area is 134 Å². The van der Waals surface area contributed by atoms with E-state index < -0.39 is 5.97 Å². The molecular formula is C18H19NO4. The Morgan fingerprint density at radius 2 is 1.78 bits per heavy atom. The number of amides is 1. The second kappa shape index (κ2) is 7.45. The summed E-state index contributed by atoms with van der Waals surface area (Å²) < 4.78 is 5.53. The average molecular weight is 313 g/mol. The van der Waals surface area contributed by atoms with E-state index in [1.165, 1.54) is 12.1 Å². The standard InChI is InChI=1S/C18H19NO4/c1-12-4-3-5-16(13(12)2)23-11-17(20)19-10-14-6-8-15(9-7-14)18(21)22/h3-9H,10-11H2,1-2H3,(H,19,20)(H,21,22). The third-order valence-corrected chi connectivity index (χ3v) is 3.60. The largest absolute Gasteiger partial charge is 0.483 e. The van der Waals surface area contributed by atoms with E-state index >= 15 is 0 Å². The second-order valence-corrected chi connectivity index (χ2v) is 5.27. The van der Waals surface area contributed by atoms with Crippen LogP contribution in [0.1, 0.15) is 27.0 Å². The summed E-state index contributed by atoms with van der Waals surface area (Å²) in [7, 11) is 0. The minimum Gasteiger partial charge on any atom is -0.483 e. The number of carbonyl (C=O) groups is 2. The van der Waals surface area contributed by atoms with Gasteiger partial charge in [-0.2, -0.15) is 0 Å². The van der Waals surface area contributed by atoms with Crippen LogP contribution in [0.5, 0.6) is 5.75 Å². The van der Waals surface area contributed by atoms with Crippen LogP contribution in [0.2, 0.25) is 0 Å². The Balaban J connectivity index is 1.83. The monoisotopic (exact) mass is 313 g/mol. The normalized spacial score (nSPS) is 10.2. The van der Waals surface area contributed by atoms with Crippen molar-refractivity contribution in [2.75, 3.05) is 6.61 Å². The van der Waals surface area contributed by atoms with Gasteiger partial charge in [0.15, 0.2) is 6.61 Å². The molecule has 1 amide bonds. The molecule has 0 atom stereocenters. The number of rotatable bonds is 6. The van der Waals surface area contributed by atoms with Gasteiger partial charge in [-0.05, 0) is 48.7 Å². The van der Waals surface area contributed by atoms with Gasteiger partial charge in [0.1, 0.15) is 5.75 Å². The van der Waals surface area contributed by atoms with Crippen molar-refractivity contribution in [3.05, 3.63) is 64.7 Å². The maximum absolute atomic E-state index is 11.8. The zero-order valence-corrected chi connectivity index (χ0v) is 13.1. The molecule has 0 bridgehead atoms. The number of hydrogen-bond donors (Lipinski definition) is 2. The predicted molar refractivity (Wildman–Crippen MR) is 86.7 cm³/mol. The quantitative estimate of drug-likeness (QED) is 0.860. The lowest BCUT2D eigenvalue weighted by atomic mass is 10.1. The average Bonchev–Trinajstić information content (AvgIpc) is 2.54. The molecule has 120 valence electrons. The molecule has 2 aromatic rings. The van der Waals surface area contributed by atoms with Gasteiger partial charge < -0.3 is 15.2 Å². The topological polar surface area (TPSA) is 75.6 Å². The van der Waals surface area contributed by atoms with Gasteiger partial charge >= 0.3 is 5.97 Å². The van der Waals surface area contributed by atoms with E-state index in [-0.39, 0.29) is 18.1 Å². The summed E-state index contributed by atoms with van der Waals surface area (Å²) in [5.74, 6) is -0.498. The van der Waals surface area contributed by atoms with E-state index in [0.29, 0.717) is 12.3 Å². The number of aryl methyl sites for hydroxylation is 1. The molecule has 0 heterocycles. The Kier molecular flexibility index (Phi) is 5.36. The number of ether oxygens (including phenoxy) is 1. The zero-order valence-electron chi connectivity index (χ0n) is 13.1. The molecule has 0 spiro atoms. The van der Waals surface area contributed by atoms with Crippen molar-refractivity contribution in [3.63, 3.8) is 0 Å². The van der Waals surface area contributed by atoms with Gasteiger partial charge in [0.05, 0.1) is 5.56 Å². The van der Waals surface area contributed by atoms with Crippen LogP contribution >= 0.6 is 0 Å². The zero-order chi connectivity index (χ0) is 16.8. The minimum atomic E-state index is -0.970. The molecule has 0 saturated heterocycles. The molecule has 2 aromatic carbocycles. The molecule has 5 heteroatoms. The van der Waals surface area contributed by atoms with E-state index in [4.69, 9.17) is 9.84 Å². The predicted octanol–water partition coefficient (Wildman–Crippen LogP) is 2.70. The Hall–Kier alpha value is -2.82. The number of carboxylic acid groups (broad SMARTS) is 1. The van der Waals surface area contributed by atoms with E-state index in [9.17, 15) is 9.59 Å². The first-order valence-electron chi connectivity index (χ1n) is 7.25. The molecule has 5 nitrogen and oxygen atoms in total. The summed E-state index contributed by atoms with van der Waals surface area (Å²) in [5.41, 5.74) is 3.18. The number of aromatic carboxylic acids is 1. The number of carboxylic acids is 1. The maximum Gasteiger partial charge on any atom is 0.335 e. The SMILES string of the molecule is Cc1cccc(OCC(=O)NCc2ccc(C(=O)O)cc2)c1C. The smallest absolute Gasteiger partial charge is 0.335 e. The first kappa shape index (κ1) is 16.5. The van der Waals surface area contributed by atoms with Crippen molar-refractivity contribution in [1.29, 1.82) is 0 Å². The number of hydrogen-bond acceptors (Lipinski definition) is 3. The molecule has 23 heavy (non-hydrogen) atoms. The van der Waals surface area contributed by atoms with Gasteiger partial charge in [-0.15, -0.1) is 0 Å². The van der Waals surface area contributed by atoms with Crippen molar-refractivity contribution in [2.24, 2.45) is 0 Å². The Morgan fingerprint density at radius 3 is 2.43 bits per heavy atom. The minimum absolute atomic E-state index is 0.0580. The van der Waals surface area contributed by atoms with Crippen LogP contribution < -0.4 is 10.1 Å². The fourth-order valence-electron chi connectivity index (χ4n) is 2.04. The van der Waals surface area contributed by atoms with Gasteiger partial charge in [-0.3, -0.25) is 4.79 Å². The number of nitrogens with one attached hydrogen (secondary N) is 1. The molecule has 0 aliphatic heterocycles. The molecule has 0 fully saturated rings. The van der Waals surface area contributed by atoms with Crippen LogP contribution in [0.15, 0.2) is 42.5 Å². The van der Waals surface area contributed by atoms with Crippen LogP contribution in [0, 0.1) is 13.8 Å². The van der Waals surface area contributed by atoms with Gasteiger partial charge in [0.2, 0.25) is 0 Å². The van der Waals surface area contributed by atoms with E-state index in [1.54, 1.807) is 12.1 Å². The third kappa shape index (κ3) is 4.57. The highest BCUT2D eigenvalue weighted by molar-refractivity contribution is 5.87. The van der Waals surface area contributed by atoms with Crippen LogP contribution in [-0.2, 0) is 11.3 Å². The second-order valence-electron chi connectivity index (χ2n) is 5.27. The highest BCUT2D eigenvalue weighted by atomic mass is 16.5.